The van der Waals surface area contributed by atoms with Gasteiger partial charge in [0.25, 0.3) is 0 Å². The van der Waals surface area contributed by atoms with E-state index in [0.29, 0.717) is 0 Å². The van der Waals surface area contributed by atoms with E-state index in [-0.39, 0.29) is 0 Å². The molecule has 0 amide bonds. The van der Waals surface area contributed by atoms with Gasteiger partial charge in [-0.1, -0.05) is 60.7 Å². The van der Waals surface area contributed by atoms with E-state index in [9.17, 15) is 0 Å². The first kappa shape index (κ1) is 13.8. The summed E-state index contributed by atoms with van der Waals surface area (Å²) in [6, 6.07) is 20.5. The van der Waals surface area contributed by atoms with Gasteiger partial charge >= 0.3 is 0 Å². The number of hydrogen-bond acceptors (Lipinski definition) is 2. The Bertz CT molecular complexity index is 742. The molecule has 1 atom stereocenters. The van der Waals surface area contributed by atoms with Crippen LogP contribution in [-0.4, -0.2) is 12.1 Å². The van der Waals surface area contributed by atoms with Gasteiger partial charge in [0.15, 0.2) is 0 Å². The van der Waals surface area contributed by atoms with Gasteiger partial charge in [-0.15, -0.1) is 9.24 Å². The maximum atomic E-state index is 5.41. The lowest BCUT2D eigenvalue weighted by molar-refractivity contribution is 0.417. The van der Waals surface area contributed by atoms with Crippen molar-refractivity contribution in [2.75, 3.05) is 7.11 Å². The molecule has 104 valence electrons. The Morgan fingerprint density at radius 3 is 2.00 bits per heavy atom. The van der Waals surface area contributed by atoms with Crippen LogP contribution in [0.1, 0.15) is 0 Å². The minimum atomic E-state index is 0.776. The Hall–Kier alpha value is -2.18. The lowest BCUT2D eigenvalue weighted by atomic mass is 9.99. The third kappa shape index (κ3) is 2.68. The summed E-state index contributed by atoms with van der Waals surface area (Å²) in [4.78, 5) is 4.62. The van der Waals surface area contributed by atoms with E-state index >= 15 is 0 Å². The second-order valence-electron chi connectivity index (χ2n) is 4.70. The maximum Gasteiger partial charge on any atom is 0.144 e. The topological polar surface area (TPSA) is 22.1 Å². The Balaban J connectivity index is 2.28. The molecule has 3 aromatic rings. The summed E-state index contributed by atoms with van der Waals surface area (Å²) in [5, 5.41) is 1.03. The van der Waals surface area contributed by atoms with Gasteiger partial charge < -0.3 is 4.74 Å². The van der Waals surface area contributed by atoms with Gasteiger partial charge in [-0.25, -0.2) is 0 Å². The first-order valence-electron chi connectivity index (χ1n) is 6.74. The summed E-state index contributed by atoms with van der Waals surface area (Å²) >= 11 is 0. The zero-order chi connectivity index (χ0) is 14.7. The van der Waals surface area contributed by atoms with E-state index in [4.69, 9.17) is 4.74 Å². The number of ether oxygens (including phenoxy) is 1. The van der Waals surface area contributed by atoms with E-state index in [1.807, 2.05) is 36.4 Å². The van der Waals surface area contributed by atoms with E-state index < -0.39 is 0 Å². The molecule has 0 bridgehead atoms. The summed E-state index contributed by atoms with van der Waals surface area (Å²) in [5.41, 5.74) is 4.29. The van der Waals surface area contributed by atoms with Gasteiger partial charge in [-0.3, -0.25) is 4.98 Å². The molecule has 2 aromatic carbocycles. The van der Waals surface area contributed by atoms with Crippen molar-refractivity contribution in [2.45, 2.75) is 0 Å². The van der Waals surface area contributed by atoms with Gasteiger partial charge in [-0.05, 0) is 5.56 Å². The van der Waals surface area contributed by atoms with Crippen LogP contribution in [0.5, 0.6) is 5.75 Å². The molecule has 0 saturated carbocycles. The highest BCUT2D eigenvalue weighted by Crippen LogP contribution is 2.32. The number of nitrogens with zero attached hydrogens (tertiary/aromatic N) is 1. The average molecular weight is 293 g/mol. The van der Waals surface area contributed by atoms with Crippen LogP contribution in [0.25, 0.3) is 22.4 Å². The van der Waals surface area contributed by atoms with E-state index in [1.54, 1.807) is 13.3 Å². The molecular weight excluding hydrogens is 277 g/mol. The van der Waals surface area contributed by atoms with Gasteiger partial charge in [0, 0.05) is 16.4 Å². The first-order valence-corrected chi connectivity index (χ1v) is 7.32. The van der Waals surface area contributed by atoms with E-state index in [0.717, 1.165) is 33.4 Å². The van der Waals surface area contributed by atoms with Crippen molar-refractivity contribution in [3.05, 3.63) is 66.9 Å². The van der Waals surface area contributed by atoms with Crippen molar-refractivity contribution < 1.29 is 4.74 Å². The predicted octanol–water partition coefficient (Wildman–Crippen LogP) is 3.92. The molecule has 0 spiro atoms. The number of rotatable bonds is 3. The summed E-state index contributed by atoms with van der Waals surface area (Å²) in [6.07, 6.45) is 1.77. The number of methoxy groups -OCH3 is 1. The Labute approximate surface area is 127 Å². The second kappa shape index (κ2) is 6.07. The van der Waals surface area contributed by atoms with Gasteiger partial charge in [0.2, 0.25) is 0 Å². The highest BCUT2D eigenvalue weighted by atomic mass is 31.0. The molecule has 1 heterocycles. The summed E-state index contributed by atoms with van der Waals surface area (Å²) < 4.78 is 5.41. The summed E-state index contributed by atoms with van der Waals surface area (Å²) in [5.74, 6) is 0.776. The molecule has 0 saturated heterocycles. The maximum absolute atomic E-state index is 5.41. The van der Waals surface area contributed by atoms with Crippen molar-refractivity contribution >= 4 is 14.5 Å². The molecule has 0 aliphatic rings. The fourth-order valence-electron chi connectivity index (χ4n) is 2.38. The fraction of sp³-hybridized carbons (Fsp3) is 0.0556. The van der Waals surface area contributed by atoms with Crippen LogP contribution in [0.4, 0.5) is 0 Å². The molecular formula is C18H16NOP. The van der Waals surface area contributed by atoms with Gasteiger partial charge in [0.1, 0.15) is 5.75 Å². The third-order valence-electron chi connectivity index (χ3n) is 3.41. The highest BCUT2D eigenvalue weighted by Gasteiger charge is 2.15. The first-order chi connectivity index (χ1) is 10.3. The van der Waals surface area contributed by atoms with Crippen molar-refractivity contribution in [3.8, 4) is 28.1 Å². The minimum Gasteiger partial charge on any atom is -0.494 e. The van der Waals surface area contributed by atoms with E-state index in [2.05, 4.69) is 38.5 Å². The normalized spacial score (nSPS) is 10.4. The molecule has 21 heavy (non-hydrogen) atoms. The quantitative estimate of drug-likeness (QED) is 0.683. The van der Waals surface area contributed by atoms with Gasteiger partial charge in [0.05, 0.1) is 19.0 Å². The summed E-state index contributed by atoms with van der Waals surface area (Å²) in [7, 11) is 4.45. The number of benzene rings is 2. The number of hydrogen-bond donors (Lipinski definition) is 0. The molecule has 1 aromatic heterocycles. The van der Waals surface area contributed by atoms with Crippen LogP contribution < -0.4 is 10.0 Å². The monoisotopic (exact) mass is 293 g/mol. The second-order valence-corrected chi connectivity index (χ2v) is 5.27. The predicted molar refractivity (Wildman–Crippen MR) is 91.0 cm³/mol. The zero-order valence-electron chi connectivity index (χ0n) is 11.8. The van der Waals surface area contributed by atoms with Crippen LogP contribution in [-0.2, 0) is 0 Å². The zero-order valence-corrected chi connectivity index (χ0v) is 12.9. The van der Waals surface area contributed by atoms with Crippen LogP contribution >= 0.6 is 9.24 Å². The molecule has 0 radical (unpaired) electrons. The fourth-order valence-corrected chi connectivity index (χ4v) is 2.88. The van der Waals surface area contributed by atoms with Crippen LogP contribution in [0.15, 0.2) is 66.9 Å². The lowest BCUT2D eigenvalue weighted by Crippen LogP contribution is -2.06. The molecule has 3 heteroatoms. The Morgan fingerprint density at radius 1 is 0.857 bits per heavy atom. The molecule has 0 aliphatic carbocycles. The van der Waals surface area contributed by atoms with E-state index in [1.165, 1.54) is 0 Å². The minimum absolute atomic E-state index is 0.776. The Morgan fingerprint density at radius 2 is 1.43 bits per heavy atom. The largest absolute Gasteiger partial charge is 0.494 e. The standard InChI is InChI=1S/C18H16NOP/c1-20-15-12-19-17(14-10-6-3-7-11-14)16(18(15)21)13-8-4-2-5-9-13/h2-12H,21H2,1H3. The smallest absolute Gasteiger partial charge is 0.144 e. The van der Waals surface area contributed by atoms with Crippen molar-refractivity contribution in [1.82, 2.24) is 4.98 Å². The molecule has 3 rings (SSSR count). The van der Waals surface area contributed by atoms with Crippen LogP contribution in [0, 0.1) is 0 Å². The molecule has 1 unspecified atom stereocenters. The third-order valence-corrected chi connectivity index (χ3v) is 3.99. The molecule has 0 N–H and O–H groups in total. The average Bonchev–Trinajstić information content (AvgIpc) is 2.56. The lowest BCUT2D eigenvalue weighted by Gasteiger charge is -2.15. The molecule has 0 fully saturated rings. The van der Waals surface area contributed by atoms with Crippen LogP contribution in [0.2, 0.25) is 0 Å². The van der Waals surface area contributed by atoms with Gasteiger partial charge in [-0.2, -0.15) is 0 Å². The molecule has 0 aliphatic heterocycles. The van der Waals surface area contributed by atoms with Crippen molar-refractivity contribution in [3.63, 3.8) is 0 Å². The Kier molecular flexibility index (Phi) is 3.98. The van der Waals surface area contributed by atoms with Crippen molar-refractivity contribution in [1.29, 1.82) is 0 Å². The van der Waals surface area contributed by atoms with Crippen LogP contribution in [0.3, 0.4) is 0 Å². The number of pyridine rings is 1. The number of aromatic nitrogens is 1. The molecule has 2 nitrogen and oxygen atoms in total. The highest BCUT2D eigenvalue weighted by molar-refractivity contribution is 7.28. The van der Waals surface area contributed by atoms with Crippen molar-refractivity contribution in [2.24, 2.45) is 0 Å². The summed E-state index contributed by atoms with van der Waals surface area (Å²) in [6.45, 7) is 0. The SMILES string of the molecule is COc1cnc(-c2ccccc2)c(-c2ccccc2)c1P.